The van der Waals surface area contributed by atoms with Crippen molar-refractivity contribution in [3.05, 3.63) is 93.5 Å². The van der Waals surface area contributed by atoms with Crippen LogP contribution in [0.4, 0.5) is 9.59 Å². The monoisotopic (exact) mass is 643 g/mol. The molecule has 3 aromatic rings. The van der Waals surface area contributed by atoms with Crippen LogP contribution in [0.5, 0.6) is 11.5 Å². The molecule has 0 saturated carbocycles. The van der Waals surface area contributed by atoms with Gasteiger partial charge in [-0.15, -0.1) is 0 Å². The Morgan fingerprint density at radius 3 is 2.11 bits per heavy atom. The summed E-state index contributed by atoms with van der Waals surface area (Å²) < 4.78 is 16.5. The first-order valence-corrected chi connectivity index (χ1v) is 15.0. The molecule has 3 amide bonds. The number of aliphatic carboxylic acids is 1. The highest BCUT2D eigenvalue weighted by atomic mass is 35.5. The Labute approximate surface area is 266 Å². The molecule has 3 aromatic carbocycles. The lowest BCUT2D eigenvalue weighted by Crippen LogP contribution is -2.46. The Morgan fingerprint density at radius 2 is 1.52 bits per heavy atom. The number of fused-ring (bicyclic) bond motifs is 1. The molecule has 0 spiro atoms. The molecule has 0 aliphatic carbocycles. The second-order valence-electron chi connectivity index (χ2n) is 10.4. The van der Waals surface area contributed by atoms with E-state index in [4.69, 9.17) is 37.4 Å². The summed E-state index contributed by atoms with van der Waals surface area (Å²) in [4.78, 5) is 39.6. The molecule has 234 valence electrons. The normalized spacial score (nSPS) is 13.1. The zero-order valence-corrected chi connectivity index (χ0v) is 25.8. The van der Waals surface area contributed by atoms with Gasteiger partial charge in [-0.2, -0.15) is 0 Å². The van der Waals surface area contributed by atoms with Crippen LogP contribution >= 0.6 is 23.2 Å². The van der Waals surface area contributed by atoms with E-state index < -0.39 is 30.2 Å². The third-order valence-corrected chi connectivity index (χ3v) is 7.47. The van der Waals surface area contributed by atoms with Crippen molar-refractivity contribution in [2.24, 2.45) is 0 Å². The van der Waals surface area contributed by atoms with Crippen LogP contribution in [-0.2, 0) is 22.6 Å². The minimum absolute atomic E-state index is 0.0718. The van der Waals surface area contributed by atoms with Gasteiger partial charge in [0, 0.05) is 23.1 Å². The SMILES string of the molecule is CCCC[C@@H](COC(=O)N(Cc1ccc(Cl)cc1)Cc1ccc(Cl)cc1)NC(=O)N[C@@H](CC(=O)O)c1ccc2c(c1)OCO2. The molecule has 0 saturated heterocycles. The number of ether oxygens (including phenoxy) is 3. The second kappa shape index (κ2) is 16.1. The molecule has 44 heavy (non-hydrogen) atoms. The van der Waals surface area contributed by atoms with Crippen molar-refractivity contribution in [1.29, 1.82) is 0 Å². The lowest BCUT2D eigenvalue weighted by atomic mass is 10.0. The number of carboxylic acid groups (broad SMARTS) is 1. The lowest BCUT2D eigenvalue weighted by Gasteiger charge is -2.25. The van der Waals surface area contributed by atoms with Crippen molar-refractivity contribution in [3.63, 3.8) is 0 Å². The Balaban J connectivity index is 1.41. The first-order valence-electron chi connectivity index (χ1n) is 14.3. The molecule has 0 fully saturated rings. The summed E-state index contributed by atoms with van der Waals surface area (Å²) in [6, 6.07) is 17.5. The molecule has 10 nitrogen and oxygen atoms in total. The summed E-state index contributed by atoms with van der Waals surface area (Å²) in [6.07, 6.45) is 1.31. The van der Waals surface area contributed by atoms with E-state index in [0.29, 0.717) is 33.5 Å². The van der Waals surface area contributed by atoms with Gasteiger partial charge in [0.15, 0.2) is 11.5 Å². The highest BCUT2D eigenvalue weighted by molar-refractivity contribution is 6.30. The highest BCUT2D eigenvalue weighted by Gasteiger charge is 2.24. The predicted octanol–water partition coefficient (Wildman–Crippen LogP) is 6.93. The number of benzene rings is 3. The Kier molecular flexibility index (Phi) is 12.0. The number of nitrogens with zero attached hydrogens (tertiary/aromatic N) is 1. The molecule has 0 bridgehead atoms. The van der Waals surface area contributed by atoms with Gasteiger partial charge in [0.1, 0.15) is 6.61 Å². The number of halogens is 2. The van der Waals surface area contributed by atoms with E-state index in [1.54, 1.807) is 47.4 Å². The summed E-state index contributed by atoms with van der Waals surface area (Å²) in [5.41, 5.74) is 2.30. The Bertz CT molecular complexity index is 1370. The molecule has 0 radical (unpaired) electrons. The first kappa shape index (κ1) is 32.8. The predicted molar refractivity (Wildman–Crippen MR) is 166 cm³/mol. The fraction of sp³-hybridized carbons (Fsp3) is 0.344. The Hall–Kier alpha value is -4.15. The van der Waals surface area contributed by atoms with Gasteiger partial charge in [-0.25, -0.2) is 9.59 Å². The van der Waals surface area contributed by atoms with Gasteiger partial charge in [0.2, 0.25) is 6.79 Å². The number of carbonyl (C=O) groups is 3. The highest BCUT2D eigenvalue weighted by Crippen LogP contribution is 2.34. The summed E-state index contributed by atoms with van der Waals surface area (Å²) in [7, 11) is 0. The molecular weight excluding hydrogens is 609 g/mol. The van der Waals surface area contributed by atoms with Gasteiger partial charge in [-0.05, 0) is 59.5 Å². The van der Waals surface area contributed by atoms with Crippen LogP contribution < -0.4 is 20.1 Å². The van der Waals surface area contributed by atoms with Crippen molar-refractivity contribution >= 4 is 41.3 Å². The molecule has 0 unspecified atom stereocenters. The summed E-state index contributed by atoms with van der Waals surface area (Å²) in [6.45, 7) is 2.57. The maximum absolute atomic E-state index is 13.4. The fourth-order valence-corrected chi connectivity index (χ4v) is 4.91. The van der Waals surface area contributed by atoms with Gasteiger partial charge >= 0.3 is 18.1 Å². The van der Waals surface area contributed by atoms with Crippen molar-refractivity contribution in [2.45, 2.75) is 57.8 Å². The number of hydrogen-bond acceptors (Lipinski definition) is 6. The van der Waals surface area contributed by atoms with E-state index >= 15 is 0 Å². The van der Waals surface area contributed by atoms with Crippen molar-refractivity contribution in [3.8, 4) is 11.5 Å². The van der Waals surface area contributed by atoms with E-state index in [1.807, 2.05) is 31.2 Å². The van der Waals surface area contributed by atoms with E-state index in [-0.39, 0.29) is 32.9 Å². The maximum Gasteiger partial charge on any atom is 0.410 e. The molecule has 1 aliphatic rings. The first-order chi connectivity index (χ1) is 21.2. The van der Waals surface area contributed by atoms with Gasteiger partial charge < -0.3 is 30.0 Å². The van der Waals surface area contributed by atoms with Crippen molar-refractivity contribution < 1.29 is 33.7 Å². The quantitative estimate of drug-likeness (QED) is 0.174. The van der Waals surface area contributed by atoms with Crippen LogP contribution in [0, 0.1) is 0 Å². The average molecular weight is 645 g/mol. The van der Waals surface area contributed by atoms with E-state index in [2.05, 4.69) is 10.6 Å². The number of urea groups is 1. The molecule has 0 aromatic heterocycles. The number of unbranched alkanes of at least 4 members (excludes halogenated alkanes) is 1. The minimum Gasteiger partial charge on any atom is -0.481 e. The van der Waals surface area contributed by atoms with Gasteiger partial charge in [0.05, 0.1) is 18.5 Å². The van der Waals surface area contributed by atoms with Crippen LogP contribution in [0.25, 0.3) is 0 Å². The van der Waals surface area contributed by atoms with Crippen LogP contribution in [0.3, 0.4) is 0 Å². The molecule has 12 heteroatoms. The van der Waals surface area contributed by atoms with Gasteiger partial charge in [-0.3, -0.25) is 9.69 Å². The van der Waals surface area contributed by atoms with Crippen molar-refractivity contribution in [1.82, 2.24) is 15.5 Å². The van der Waals surface area contributed by atoms with E-state index in [9.17, 15) is 19.5 Å². The fourth-order valence-electron chi connectivity index (χ4n) is 4.66. The van der Waals surface area contributed by atoms with Crippen LogP contribution in [0.2, 0.25) is 10.0 Å². The smallest absolute Gasteiger partial charge is 0.410 e. The number of carboxylic acids is 1. The summed E-state index contributed by atoms with van der Waals surface area (Å²) in [5.74, 6) is -0.0460. The standard InChI is InChI=1S/C32H35Cl2N3O7/c1-2-3-4-26(35-31(40)36-27(16-30(38)39)23-9-14-28-29(15-23)44-20-43-28)19-42-32(41)37(17-21-5-10-24(33)11-6-21)18-22-7-12-25(34)13-8-22/h5-15,26-27H,2-4,16-20H2,1H3,(H,38,39)(H2,35,36,40)/t26-,27-/m0/s1. The number of nitrogens with one attached hydrogen (secondary N) is 2. The maximum atomic E-state index is 13.4. The van der Waals surface area contributed by atoms with Gasteiger partial charge in [-0.1, -0.05) is 73.3 Å². The molecule has 1 heterocycles. The average Bonchev–Trinajstić information content (AvgIpc) is 3.48. The molecule has 2 atom stereocenters. The minimum atomic E-state index is -1.08. The summed E-state index contributed by atoms with van der Waals surface area (Å²) >= 11 is 12.1. The van der Waals surface area contributed by atoms with Crippen LogP contribution in [-0.4, -0.2) is 47.5 Å². The second-order valence-corrected chi connectivity index (χ2v) is 11.3. The summed E-state index contributed by atoms with van der Waals surface area (Å²) in [5, 5.41) is 16.3. The van der Waals surface area contributed by atoms with Gasteiger partial charge in [0.25, 0.3) is 0 Å². The number of carbonyl (C=O) groups excluding carboxylic acids is 2. The molecule has 4 rings (SSSR count). The molecule has 1 aliphatic heterocycles. The third kappa shape index (κ3) is 9.96. The molecule has 3 N–H and O–H groups in total. The van der Waals surface area contributed by atoms with E-state index in [0.717, 1.165) is 24.0 Å². The number of rotatable bonds is 14. The lowest BCUT2D eigenvalue weighted by molar-refractivity contribution is -0.137. The number of amides is 3. The van der Waals surface area contributed by atoms with Crippen molar-refractivity contribution in [2.75, 3.05) is 13.4 Å². The zero-order valence-electron chi connectivity index (χ0n) is 24.3. The Morgan fingerprint density at radius 1 is 0.909 bits per heavy atom. The molecular formula is C32H35Cl2N3O7. The topological polar surface area (TPSA) is 126 Å². The number of hydrogen-bond donors (Lipinski definition) is 3. The zero-order chi connectivity index (χ0) is 31.5. The van der Waals surface area contributed by atoms with E-state index in [1.165, 1.54) is 0 Å². The largest absolute Gasteiger partial charge is 0.481 e. The van der Waals surface area contributed by atoms with Crippen LogP contribution in [0.15, 0.2) is 66.7 Å². The third-order valence-electron chi connectivity index (χ3n) is 6.96. The van der Waals surface area contributed by atoms with Crippen LogP contribution in [0.1, 0.15) is 55.3 Å².